The number of benzene rings is 1. The van der Waals surface area contributed by atoms with Crippen LogP contribution in [-0.4, -0.2) is 24.8 Å². The van der Waals surface area contributed by atoms with Crippen molar-refractivity contribution in [2.75, 3.05) is 24.6 Å². The molecule has 1 atom stereocenters. The lowest BCUT2D eigenvalue weighted by atomic mass is 9.92. The van der Waals surface area contributed by atoms with Crippen molar-refractivity contribution in [1.82, 2.24) is 0 Å². The molecule has 1 saturated heterocycles. The lowest BCUT2D eigenvalue weighted by Gasteiger charge is -2.18. The molecular formula is C22H23N3O. The van der Waals surface area contributed by atoms with Gasteiger partial charge in [-0.05, 0) is 54.5 Å². The van der Waals surface area contributed by atoms with Gasteiger partial charge in [0.2, 0.25) is 0 Å². The first-order valence-corrected chi connectivity index (χ1v) is 9.11. The van der Waals surface area contributed by atoms with E-state index in [1.807, 2.05) is 18.2 Å². The molecule has 1 aliphatic heterocycles. The van der Waals surface area contributed by atoms with E-state index >= 15 is 0 Å². The summed E-state index contributed by atoms with van der Waals surface area (Å²) in [6.45, 7) is 2.19. The van der Waals surface area contributed by atoms with Crippen LogP contribution in [0.1, 0.15) is 31.2 Å². The van der Waals surface area contributed by atoms with E-state index in [4.69, 9.17) is 10.5 Å². The summed E-state index contributed by atoms with van der Waals surface area (Å²) in [7, 11) is 0. The Kier molecular flexibility index (Phi) is 5.89. The Morgan fingerprint density at radius 1 is 1.15 bits per heavy atom. The van der Waals surface area contributed by atoms with Crippen LogP contribution in [0.15, 0.2) is 53.1 Å². The fraction of sp³-hybridized carbons (Fsp3) is 0.364. The molecule has 2 aliphatic rings. The maximum atomic E-state index is 9.27. The van der Waals surface area contributed by atoms with Gasteiger partial charge in [-0.15, -0.1) is 0 Å². The predicted molar refractivity (Wildman–Crippen MR) is 103 cm³/mol. The third-order valence-corrected chi connectivity index (χ3v) is 5.11. The molecule has 0 amide bonds. The minimum absolute atomic E-state index is 0.228. The summed E-state index contributed by atoms with van der Waals surface area (Å²) in [6, 6.07) is 12.4. The highest BCUT2D eigenvalue weighted by atomic mass is 16.3. The zero-order valence-corrected chi connectivity index (χ0v) is 14.9. The molecule has 132 valence electrons. The van der Waals surface area contributed by atoms with E-state index in [1.54, 1.807) is 0 Å². The van der Waals surface area contributed by atoms with Gasteiger partial charge < -0.3 is 10.0 Å². The van der Waals surface area contributed by atoms with Gasteiger partial charge in [0.15, 0.2) is 0 Å². The van der Waals surface area contributed by atoms with Crippen molar-refractivity contribution in [3.63, 3.8) is 0 Å². The highest BCUT2D eigenvalue weighted by Crippen LogP contribution is 2.27. The van der Waals surface area contributed by atoms with Gasteiger partial charge in [0.25, 0.3) is 0 Å². The Morgan fingerprint density at radius 2 is 1.92 bits per heavy atom. The molecular weight excluding hydrogens is 322 g/mol. The van der Waals surface area contributed by atoms with E-state index in [9.17, 15) is 5.11 Å². The minimum atomic E-state index is 0.228. The summed E-state index contributed by atoms with van der Waals surface area (Å²) in [5, 5.41) is 27.3. The molecule has 4 heteroatoms. The van der Waals surface area contributed by atoms with Crippen LogP contribution in [0.2, 0.25) is 0 Å². The molecule has 0 saturated carbocycles. The second-order valence-electron chi connectivity index (χ2n) is 6.90. The Labute approximate surface area is 155 Å². The second-order valence-corrected chi connectivity index (χ2v) is 6.90. The van der Waals surface area contributed by atoms with E-state index in [0.717, 1.165) is 55.5 Å². The van der Waals surface area contributed by atoms with Crippen LogP contribution in [-0.2, 0) is 0 Å². The zero-order valence-electron chi connectivity index (χ0n) is 14.9. The summed E-state index contributed by atoms with van der Waals surface area (Å²) in [6.07, 6.45) is 9.94. The third-order valence-electron chi connectivity index (χ3n) is 5.11. The number of rotatable bonds is 4. The number of aliphatic hydroxyl groups excluding tert-OH is 1. The van der Waals surface area contributed by atoms with Crippen molar-refractivity contribution in [3.05, 3.63) is 58.7 Å². The second kappa shape index (κ2) is 8.52. The first-order valence-electron chi connectivity index (χ1n) is 9.11. The fourth-order valence-electron chi connectivity index (χ4n) is 3.56. The van der Waals surface area contributed by atoms with Crippen molar-refractivity contribution in [1.29, 1.82) is 10.5 Å². The first kappa shape index (κ1) is 18.0. The van der Waals surface area contributed by atoms with E-state index in [0.29, 0.717) is 5.92 Å². The van der Waals surface area contributed by atoms with Gasteiger partial charge in [-0.1, -0.05) is 30.4 Å². The maximum Gasteiger partial charge on any atom is 0.132 e. The molecule has 1 heterocycles. The van der Waals surface area contributed by atoms with E-state index < -0.39 is 0 Å². The van der Waals surface area contributed by atoms with Crippen molar-refractivity contribution < 1.29 is 5.11 Å². The lowest BCUT2D eigenvalue weighted by Crippen LogP contribution is -2.20. The van der Waals surface area contributed by atoms with Crippen LogP contribution in [0.5, 0.6) is 0 Å². The van der Waals surface area contributed by atoms with Gasteiger partial charge in [-0.3, -0.25) is 0 Å². The summed E-state index contributed by atoms with van der Waals surface area (Å²) in [5.41, 5.74) is 4.57. The number of allylic oxidation sites excluding steroid dienone is 5. The van der Waals surface area contributed by atoms with Crippen molar-refractivity contribution in [2.24, 2.45) is 5.92 Å². The first-order chi connectivity index (χ1) is 12.7. The van der Waals surface area contributed by atoms with Gasteiger partial charge >= 0.3 is 0 Å². The van der Waals surface area contributed by atoms with E-state index in [1.165, 1.54) is 5.69 Å². The monoisotopic (exact) mass is 345 g/mol. The minimum Gasteiger partial charge on any atom is -0.396 e. The normalized spacial score (nSPS) is 20.0. The van der Waals surface area contributed by atoms with Gasteiger partial charge in [0, 0.05) is 31.3 Å². The molecule has 1 N–H and O–H groups in total. The standard InChI is InChI=1S/C22H23N3O/c23-13-21(14-24)20-3-1-2-18(12-20)5-4-17-6-8-22(9-7-17)25-11-10-19(15-25)16-26/h4-9,12,19,26H,1-3,10-11,15-16H2/b5-4+/t19-/m0/s1. The number of anilines is 1. The van der Waals surface area contributed by atoms with E-state index in [-0.39, 0.29) is 12.2 Å². The van der Waals surface area contributed by atoms with Gasteiger partial charge in [-0.2, -0.15) is 10.5 Å². The molecule has 0 bridgehead atoms. The predicted octanol–water partition coefficient (Wildman–Crippen LogP) is 3.97. The third kappa shape index (κ3) is 4.23. The Bertz CT molecular complexity index is 802. The zero-order chi connectivity index (χ0) is 18.4. The van der Waals surface area contributed by atoms with Crippen LogP contribution in [0, 0.1) is 28.6 Å². The molecule has 0 unspecified atom stereocenters. The van der Waals surface area contributed by atoms with Crippen molar-refractivity contribution >= 4 is 11.8 Å². The number of hydrogen-bond acceptors (Lipinski definition) is 4. The molecule has 0 aromatic heterocycles. The quantitative estimate of drug-likeness (QED) is 0.838. The van der Waals surface area contributed by atoms with Gasteiger partial charge in [-0.25, -0.2) is 0 Å². The molecule has 0 radical (unpaired) electrons. The summed E-state index contributed by atoms with van der Waals surface area (Å²) in [4.78, 5) is 2.32. The summed E-state index contributed by atoms with van der Waals surface area (Å²) in [5.74, 6) is 0.391. The largest absolute Gasteiger partial charge is 0.396 e. The molecule has 4 nitrogen and oxygen atoms in total. The summed E-state index contributed by atoms with van der Waals surface area (Å²) < 4.78 is 0. The molecule has 1 aromatic carbocycles. The van der Waals surface area contributed by atoms with Crippen molar-refractivity contribution in [3.8, 4) is 12.1 Å². The Morgan fingerprint density at radius 3 is 2.58 bits per heavy atom. The highest BCUT2D eigenvalue weighted by molar-refractivity contribution is 5.59. The molecule has 0 spiro atoms. The highest BCUT2D eigenvalue weighted by Gasteiger charge is 2.21. The number of hydrogen-bond donors (Lipinski definition) is 1. The van der Waals surface area contributed by atoms with Crippen LogP contribution in [0.4, 0.5) is 5.69 Å². The van der Waals surface area contributed by atoms with Crippen molar-refractivity contribution in [2.45, 2.75) is 25.7 Å². The SMILES string of the molecule is N#CC(C#N)=C1C=C(/C=C/c2ccc(N3CC[C@H](CO)C3)cc2)CCC1. The average molecular weight is 345 g/mol. The number of nitriles is 2. The van der Waals surface area contributed by atoms with Gasteiger partial charge in [0.1, 0.15) is 17.7 Å². The lowest BCUT2D eigenvalue weighted by molar-refractivity contribution is 0.238. The van der Waals surface area contributed by atoms with Crippen LogP contribution >= 0.6 is 0 Å². The van der Waals surface area contributed by atoms with Gasteiger partial charge in [0.05, 0.1) is 0 Å². The number of nitrogens with zero attached hydrogens (tertiary/aromatic N) is 3. The Balaban J connectivity index is 1.69. The maximum absolute atomic E-state index is 9.27. The smallest absolute Gasteiger partial charge is 0.132 e. The topological polar surface area (TPSA) is 71.0 Å². The molecule has 1 fully saturated rings. The molecule has 1 aliphatic carbocycles. The number of aliphatic hydroxyl groups is 1. The van der Waals surface area contributed by atoms with E-state index in [2.05, 4.69) is 41.3 Å². The summed E-state index contributed by atoms with van der Waals surface area (Å²) >= 11 is 0. The molecule has 1 aromatic rings. The van der Waals surface area contributed by atoms with Crippen LogP contribution in [0.3, 0.4) is 0 Å². The molecule has 26 heavy (non-hydrogen) atoms. The molecule has 3 rings (SSSR count). The fourth-order valence-corrected chi connectivity index (χ4v) is 3.56. The Hall–Kier alpha value is -2.82. The van der Waals surface area contributed by atoms with Crippen LogP contribution < -0.4 is 4.90 Å². The van der Waals surface area contributed by atoms with Crippen LogP contribution in [0.25, 0.3) is 6.08 Å². The average Bonchev–Trinajstić information content (AvgIpc) is 3.17.